The van der Waals surface area contributed by atoms with E-state index in [0.717, 1.165) is 13.1 Å². The van der Waals surface area contributed by atoms with Crippen molar-refractivity contribution >= 4 is 10.9 Å². The third kappa shape index (κ3) is 2.99. The van der Waals surface area contributed by atoms with Crippen LogP contribution in [0.5, 0.6) is 0 Å². The van der Waals surface area contributed by atoms with Crippen molar-refractivity contribution in [3.05, 3.63) is 35.5 Å². The fourth-order valence-corrected chi connectivity index (χ4v) is 2.93. The van der Waals surface area contributed by atoms with Gasteiger partial charge in [0.2, 0.25) is 0 Å². The molecule has 1 fully saturated rings. The first-order valence-electron chi connectivity index (χ1n) is 7.32. The Balaban J connectivity index is 1.60. The van der Waals surface area contributed by atoms with E-state index in [2.05, 4.69) is 46.5 Å². The summed E-state index contributed by atoms with van der Waals surface area (Å²) in [5, 5.41) is 4.81. The van der Waals surface area contributed by atoms with Gasteiger partial charge in [-0.05, 0) is 44.0 Å². The van der Waals surface area contributed by atoms with Crippen LogP contribution in [0.15, 0.2) is 24.4 Å². The lowest BCUT2D eigenvalue weighted by atomic mass is 10.1. The first-order valence-corrected chi connectivity index (χ1v) is 7.32. The van der Waals surface area contributed by atoms with Crippen LogP contribution >= 0.6 is 0 Å². The third-order valence-electron chi connectivity index (χ3n) is 4.05. The lowest BCUT2D eigenvalue weighted by Gasteiger charge is -2.26. The zero-order chi connectivity index (χ0) is 13.1. The molecule has 3 heteroatoms. The molecule has 0 atom stereocenters. The number of aryl methyl sites for hydroxylation is 2. The molecule has 3 nitrogen and oxygen atoms in total. The first kappa shape index (κ1) is 12.7. The number of aromatic amines is 1. The van der Waals surface area contributed by atoms with E-state index in [1.54, 1.807) is 0 Å². The average molecular weight is 257 g/mol. The van der Waals surface area contributed by atoms with Crippen molar-refractivity contribution in [1.29, 1.82) is 0 Å². The van der Waals surface area contributed by atoms with Crippen LogP contribution in [0.4, 0.5) is 0 Å². The quantitative estimate of drug-likeness (QED) is 0.880. The van der Waals surface area contributed by atoms with Crippen LogP contribution in [-0.2, 0) is 6.42 Å². The Labute approximate surface area is 115 Å². The summed E-state index contributed by atoms with van der Waals surface area (Å²) in [6.45, 7) is 8.08. The van der Waals surface area contributed by atoms with Crippen LogP contribution in [0.25, 0.3) is 10.9 Å². The minimum absolute atomic E-state index is 1.15. The normalized spacial score (nSPS) is 17.1. The molecule has 2 heterocycles. The van der Waals surface area contributed by atoms with Crippen molar-refractivity contribution in [2.45, 2.75) is 19.8 Å². The predicted molar refractivity (Wildman–Crippen MR) is 80.7 cm³/mol. The minimum atomic E-state index is 1.15. The number of rotatable bonds is 4. The number of H-pyrrole nitrogens is 1. The topological polar surface area (TPSA) is 31.1 Å². The number of piperazine rings is 1. The van der Waals surface area contributed by atoms with Gasteiger partial charge in [0, 0.05) is 43.3 Å². The largest absolute Gasteiger partial charge is 0.361 e. The van der Waals surface area contributed by atoms with Gasteiger partial charge in [0.1, 0.15) is 0 Å². The Hall–Kier alpha value is -1.32. The summed E-state index contributed by atoms with van der Waals surface area (Å²) in [5.74, 6) is 0. The number of fused-ring (bicyclic) bond motifs is 1. The van der Waals surface area contributed by atoms with Gasteiger partial charge in [-0.2, -0.15) is 0 Å². The molecule has 1 aromatic heterocycles. The molecule has 2 N–H and O–H groups in total. The summed E-state index contributed by atoms with van der Waals surface area (Å²) in [7, 11) is 0. The fraction of sp³-hybridized carbons (Fsp3) is 0.500. The molecule has 2 aromatic rings. The van der Waals surface area contributed by atoms with Gasteiger partial charge in [0.15, 0.2) is 0 Å². The molecule has 102 valence electrons. The number of aromatic nitrogens is 1. The molecule has 0 unspecified atom stereocenters. The van der Waals surface area contributed by atoms with E-state index in [4.69, 9.17) is 0 Å². The van der Waals surface area contributed by atoms with E-state index in [0.29, 0.717) is 0 Å². The standard InChI is InChI=1S/C16H23N3/c1-13-4-5-16-15(11-13)14(12-18-16)3-2-8-19-9-6-17-7-10-19/h4-5,11-12,17-18H,2-3,6-10H2,1H3. The molecule has 0 saturated carbocycles. The smallest absolute Gasteiger partial charge is 0.0456 e. The molecule has 0 spiro atoms. The van der Waals surface area contributed by atoms with Crippen LogP contribution in [0.1, 0.15) is 17.5 Å². The van der Waals surface area contributed by atoms with Crippen LogP contribution in [0.3, 0.4) is 0 Å². The second-order valence-corrected chi connectivity index (χ2v) is 5.56. The average Bonchev–Trinajstić information content (AvgIpc) is 2.83. The first-order chi connectivity index (χ1) is 9.33. The summed E-state index contributed by atoms with van der Waals surface area (Å²) in [6, 6.07) is 6.65. The number of nitrogens with one attached hydrogen (secondary N) is 2. The van der Waals surface area contributed by atoms with Crippen molar-refractivity contribution in [1.82, 2.24) is 15.2 Å². The number of hydrogen-bond donors (Lipinski definition) is 2. The van der Waals surface area contributed by atoms with Gasteiger partial charge in [-0.25, -0.2) is 0 Å². The number of benzene rings is 1. The van der Waals surface area contributed by atoms with E-state index < -0.39 is 0 Å². The van der Waals surface area contributed by atoms with Crippen molar-refractivity contribution in [2.75, 3.05) is 32.7 Å². The van der Waals surface area contributed by atoms with Crippen molar-refractivity contribution in [2.24, 2.45) is 0 Å². The molecular weight excluding hydrogens is 234 g/mol. The molecule has 0 amide bonds. The third-order valence-corrected chi connectivity index (χ3v) is 4.05. The number of hydrogen-bond acceptors (Lipinski definition) is 2. The number of nitrogens with zero attached hydrogens (tertiary/aromatic N) is 1. The molecular formula is C16H23N3. The molecule has 19 heavy (non-hydrogen) atoms. The SMILES string of the molecule is Cc1ccc2[nH]cc(CCCN3CCNCC3)c2c1. The molecule has 0 aliphatic carbocycles. The fourth-order valence-electron chi connectivity index (χ4n) is 2.93. The molecule has 1 saturated heterocycles. The Kier molecular flexibility index (Phi) is 3.85. The van der Waals surface area contributed by atoms with E-state index in [1.807, 2.05) is 0 Å². The van der Waals surface area contributed by atoms with Gasteiger partial charge < -0.3 is 15.2 Å². The molecule has 1 aromatic carbocycles. The van der Waals surface area contributed by atoms with Gasteiger partial charge in [0.25, 0.3) is 0 Å². The van der Waals surface area contributed by atoms with E-state index in [1.165, 1.54) is 54.5 Å². The Morgan fingerprint density at radius 2 is 2.05 bits per heavy atom. The van der Waals surface area contributed by atoms with Crippen molar-refractivity contribution in [3.63, 3.8) is 0 Å². The van der Waals surface area contributed by atoms with Crippen LogP contribution < -0.4 is 5.32 Å². The Bertz CT molecular complexity index is 538. The Morgan fingerprint density at radius 3 is 2.89 bits per heavy atom. The lowest BCUT2D eigenvalue weighted by Crippen LogP contribution is -2.43. The molecule has 1 aliphatic heterocycles. The molecule has 3 rings (SSSR count). The summed E-state index contributed by atoms with van der Waals surface area (Å²) in [5.41, 5.74) is 4.08. The second kappa shape index (κ2) is 5.76. The minimum Gasteiger partial charge on any atom is -0.361 e. The van der Waals surface area contributed by atoms with Gasteiger partial charge in [0.05, 0.1) is 0 Å². The summed E-state index contributed by atoms with van der Waals surface area (Å²) >= 11 is 0. The molecule has 0 radical (unpaired) electrons. The van der Waals surface area contributed by atoms with Gasteiger partial charge in [-0.15, -0.1) is 0 Å². The van der Waals surface area contributed by atoms with Gasteiger partial charge in [-0.3, -0.25) is 0 Å². The monoisotopic (exact) mass is 257 g/mol. The van der Waals surface area contributed by atoms with Crippen molar-refractivity contribution in [3.8, 4) is 0 Å². The summed E-state index contributed by atoms with van der Waals surface area (Å²) in [4.78, 5) is 5.95. The molecule has 1 aliphatic rings. The second-order valence-electron chi connectivity index (χ2n) is 5.56. The molecule has 0 bridgehead atoms. The van der Waals surface area contributed by atoms with Gasteiger partial charge >= 0.3 is 0 Å². The predicted octanol–water partition coefficient (Wildman–Crippen LogP) is 2.31. The van der Waals surface area contributed by atoms with Crippen LogP contribution in [-0.4, -0.2) is 42.6 Å². The highest BCUT2D eigenvalue weighted by Gasteiger charge is 2.09. The lowest BCUT2D eigenvalue weighted by molar-refractivity contribution is 0.238. The van der Waals surface area contributed by atoms with Crippen LogP contribution in [0.2, 0.25) is 0 Å². The maximum Gasteiger partial charge on any atom is 0.0456 e. The van der Waals surface area contributed by atoms with Crippen LogP contribution in [0, 0.1) is 6.92 Å². The maximum absolute atomic E-state index is 3.40. The maximum atomic E-state index is 3.40. The van der Waals surface area contributed by atoms with Gasteiger partial charge in [-0.1, -0.05) is 11.6 Å². The Morgan fingerprint density at radius 1 is 1.21 bits per heavy atom. The highest BCUT2D eigenvalue weighted by atomic mass is 15.2. The zero-order valence-electron chi connectivity index (χ0n) is 11.7. The summed E-state index contributed by atoms with van der Waals surface area (Å²) < 4.78 is 0. The van der Waals surface area contributed by atoms with E-state index in [-0.39, 0.29) is 0 Å². The zero-order valence-corrected chi connectivity index (χ0v) is 11.7. The van der Waals surface area contributed by atoms with E-state index in [9.17, 15) is 0 Å². The summed E-state index contributed by atoms with van der Waals surface area (Å²) in [6.07, 6.45) is 4.61. The highest BCUT2D eigenvalue weighted by molar-refractivity contribution is 5.83. The highest BCUT2D eigenvalue weighted by Crippen LogP contribution is 2.20. The van der Waals surface area contributed by atoms with E-state index >= 15 is 0 Å². The van der Waals surface area contributed by atoms with Crippen molar-refractivity contribution < 1.29 is 0 Å².